The van der Waals surface area contributed by atoms with Crippen LogP contribution < -0.4 is 5.32 Å². The summed E-state index contributed by atoms with van der Waals surface area (Å²) >= 11 is 1.56. The summed E-state index contributed by atoms with van der Waals surface area (Å²) in [7, 11) is 0. The van der Waals surface area contributed by atoms with E-state index < -0.39 is 0 Å². The Morgan fingerprint density at radius 1 is 1.71 bits per heavy atom. The van der Waals surface area contributed by atoms with E-state index in [0.29, 0.717) is 5.75 Å². The predicted octanol–water partition coefficient (Wildman–Crippen LogP) is 1.07. The second-order valence-electron chi connectivity index (χ2n) is 2.60. The summed E-state index contributed by atoms with van der Waals surface area (Å²) in [5.74, 6) is 0.710. The standard InChI is InChI=1S/C9H12N4S/c1-2-12-8(5-10)6-14-9-3-4-11-7-13-9/h3-4,7-8,12H,2,6H2,1H3. The van der Waals surface area contributed by atoms with Crippen LogP contribution in [0.4, 0.5) is 0 Å². The van der Waals surface area contributed by atoms with Crippen LogP contribution in [-0.4, -0.2) is 28.3 Å². The fourth-order valence-corrected chi connectivity index (χ4v) is 1.73. The summed E-state index contributed by atoms with van der Waals surface area (Å²) in [6.45, 7) is 2.79. The van der Waals surface area contributed by atoms with Gasteiger partial charge in [0.25, 0.3) is 0 Å². The van der Waals surface area contributed by atoms with Crippen molar-refractivity contribution in [2.45, 2.75) is 18.0 Å². The predicted molar refractivity (Wildman–Crippen MR) is 55.8 cm³/mol. The minimum atomic E-state index is -0.111. The Labute approximate surface area is 87.8 Å². The van der Waals surface area contributed by atoms with E-state index in [1.165, 1.54) is 6.33 Å². The molecule has 1 heterocycles. The molecule has 1 N–H and O–H groups in total. The van der Waals surface area contributed by atoms with E-state index in [4.69, 9.17) is 5.26 Å². The molecule has 74 valence electrons. The van der Waals surface area contributed by atoms with Gasteiger partial charge in [0.1, 0.15) is 12.4 Å². The number of hydrogen-bond donors (Lipinski definition) is 1. The Balaban J connectivity index is 2.37. The van der Waals surface area contributed by atoms with E-state index in [1.807, 2.05) is 13.0 Å². The Morgan fingerprint density at radius 3 is 3.14 bits per heavy atom. The van der Waals surface area contributed by atoms with Gasteiger partial charge in [0, 0.05) is 11.9 Å². The van der Waals surface area contributed by atoms with Crippen molar-refractivity contribution in [3.05, 3.63) is 18.6 Å². The summed E-state index contributed by atoms with van der Waals surface area (Å²) < 4.78 is 0. The lowest BCUT2D eigenvalue weighted by Crippen LogP contribution is -2.29. The molecule has 0 bridgehead atoms. The van der Waals surface area contributed by atoms with Crippen LogP contribution in [-0.2, 0) is 0 Å². The van der Waals surface area contributed by atoms with Gasteiger partial charge in [0.05, 0.1) is 11.1 Å². The van der Waals surface area contributed by atoms with E-state index in [-0.39, 0.29) is 6.04 Å². The average Bonchev–Trinajstić information content (AvgIpc) is 2.25. The van der Waals surface area contributed by atoms with Gasteiger partial charge in [-0.3, -0.25) is 0 Å². The van der Waals surface area contributed by atoms with Crippen LogP contribution in [0.2, 0.25) is 0 Å². The molecular weight excluding hydrogens is 196 g/mol. The molecule has 0 saturated carbocycles. The van der Waals surface area contributed by atoms with Crippen molar-refractivity contribution < 1.29 is 0 Å². The number of aromatic nitrogens is 2. The second kappa shape index (κ2) is 6.35. The number of rotatable bonds is 5. The number of thioether (sulfide) groups is 1. The fraction of sp³-hybridized carbons (Fsp3) is 0.444. The topological polar surface area (TPSA) is 61.6 Å². The third-order valence-electron chi connectivity index (χ3n) is 1.56. The van der Waals surface area contributed by atoms with Gasteiger partial charge in [-0.05, 0) is 12.6 Å². The maximum atomic E-state index is 8.78. The molecule has 0 amide bonds. The molecule has 0 aromatic carbocycles. The largest absolute Gasteiger partial charge is 0.302 e. The van der Waals surface area contributed by atoms with E-state index in [1.54, 1.807) is 18.0 Å². The molecular formula is C9H12N4S. The molecule has 1 aromatic heterocycles. The minimum Gasteiger partial charge on any atom is -0.302 e. The van der Waals surface area contributed by atoms with Crippen LogP contribution in [0.5, 0.6) is 0 Å². The molecule has 4 nitrogen and oxygen atoms in total. The zero-order chi connectivity index (χ0) is 10.2. The quantitative estimate of drug-likeness (QED) is 0.579. The van der Waals surface area contributed by atoms with Crippen molar-refractivity contribution in [2.24, 2.45) is 0 Å². The van der Waals surface area contributed by atoms with Crippen LogP contribution >= 0.6 is 11.8 Å². The molecule has 0 fully saturated rings. The van der Waals surface area contributed by atoms with Crippen molar-refractivity contribution >= 4 is 11.8 Å². The van der Waals surface area contributed by atoms with E-state index in [2.05, 4.69) is 21.4 Å². The normalized spacial score (nSPS) is 12.0. The van der Waals surface area contributed by atoms with Crippen LogP contribution in [0.25, 0.3) is 0 Å². The van der Waals surface area contributed by atoms with Crippen molar-refractivity contribution in [1.82, 2.24) is 15.3 Å². The lowest BCUT2D eigenvalue weighted by Gasteiger charge is -2.07. The molecule has 0 saturated heterocycles. The molecule has 5 heteroatoms. The first-order chi connectivity index (χ1) is 6.86. The summed E-state index contributed by atoms with van der Waals surface area (Å²) in [5, 5.41) is 12.8. The SMILES string of the molecule is CCNC(C#N)CSc1ccncn1. The number of hydrogen-bond acceptors (Lipinski definition) is 5. The van der Waals surface area contributed by atoms with Crippen molar-refractivity contribution in [3.8, 4) is 6.07 Å². The van der Waals surface area contributed by atoms with E-state index in [0.717, 1.165) is 11.6 Å². The van der Waals surface area contributed by atoms with Crippen LogP contribution in [0.3, 0.4) is 0 Å². The van der Waals surface area contributed by atoms with Gasteiger partial charge in [-0.25, -0.2) is 9.97 Å². The summed E-state index contributed by atoms with van der Waals surface area (Å²) in [6.07, 6.45) is 3.21. The lowest BCUT2D eigenvalue weighted by atomic mass is 10.4. The van der Waals surface area contributed by atoms with Gasteiger partial charge >= 0.3 is 0 Å². The molecule has 0 aliphatic carbocycles. The van der Waals surface area contributed by atoms with Gasteiger partial charge in [-0.1, -0.05) is 6.92 Å². The molecule has 14 heavy (non-hydrogen) atoms. The smallest absolute Gasteiger partial charge is 0.116 e. The fourth-order valence-electron chi connectivity index (χ4n) is 0.921. The molecule has 0 radical (unpaired) electrons. The minimum absolute atomic E-state index is 0.111. The third kappa shape index (κ3) is 3.73. The maximum absolute atomic E-state index is 8.78. The van der Waals surface area contributed by atoms with Gasteiger partial charge < -0.3 is 5.32 Å². The van der Waals surface area contributed by atoms with Gasteiger partial charge in [0.15, 0.2) is 0 Å². The van der Waals surface area contributed by atoms with Crippen LogP contribution in [0.15, 0.2) is 23.6 Å². The monoisotopic (exact) mass is 208 g/mol. The molecule has 1 rings (SSSR count). The van der Waals surface area contributed by atoms with Crippen molar-refractivity contribution in [3.63, 3.8) is 0 Å². The molecule has 0 aliphatic rings. The zero-order valence-electron chi connectivity index (χ0n) is 7.97. The first-order valence-electron chi connectivity index (χ1n) is 4.38. The first-order valence-corrected chi connectivity index (χ1v) is 5.37. The highest BCUT2D eigenvalue weighted by molar-refractivity contribution is 7.99. The summed E-state index contributed by atoms with van der Waals surface area (Å²) in [5.41, 5.74) is 0. The molecule has 1 unspecified atom stereocenters. The maximum Gasteiger partial charge on any atom is 0.116 e. The number of nitriles is 1. The van der Waals surface area contributed by atoms with Crippen LogP contribution in [0.1, 0.15) is 6.92 Å². The van der Waals surface area contributed by atoms with E-state index in [9.17, 15) is 0 Å². The van der Waals surface area contributed by atoms with Crippen molar-refractivity contribution in [1.29, 1.82) is 5.26 Å². The molecule has 0 spiro atoms. The Morgan fingerprint density at radius 2 is 2.57 bits per heavy atom. The Hall–Kier alpha value is -1.12. The number of nitrogens with zero attached hydrogens (tertiary/aromatic N) is 3. The van der Waals surface area contributed by atoms with Gasteiger partial charge in [-0.15, -0.1) is 11.8 Å². The lowest BCUT2D eigenvalue weighted by molar-refractivity contribution is 0.677. The first kappa shape index (κ1) is 11.0. The van der Waals surface area contributed by atoms with Crippen LogP contribution in [0, 0.1) is 11.3 Å². The Kier molecular flexibility index (Phi) is 4.97. The molecule has 1 atom stereocenters. The van der Waals surface area contributed by atoms with Crippen molar-refractivity contribution in [2.75, 3.05) is 12.3 Å². The highest BCUT2D eigenvalue weighted by atomic mass is 32.2. The second-order valence-corrected chi connectivity index (χ2v) is 3.64. The zero-order valence-corrected chi connectivity index (χ0v) is 8.79. The van der Waals surface area contributed by atoms with Gasteiger partial charge in [0.2, 0.25) is 0 Å². The third-order valence-corrected chi connectivity index (χ3v) is 2.60. The summed E-state index contributed by atoms with van der Waals surface area (Å²) in [6, 6.07) is 3.93. The Bertz CT molecular complexity index is 295. The number of nitrogens with one attached hydrogen (secondary N) is 1. The van der Waals surface area contributed by atoms with E-state index >= 15 is 0 Å². The average molecular weight is 208 g/mol. The highest BCUT2D eigenvalue weighted by Crippen LogP contribution is 2.13. The molecule has 0 aliphatic heterocycles. The van der Waals surface area contributed by atoms with Gasteiger partial charge in [-0.2, -0.15) is 5.26 Å². The molecule has 1 aromatic rings. The summed E-state index contributed by atoms with van der Waals surface area (Å²) in [4.78, 5) is 7.88. The highest BCUT2D eigenvalue weighted by Gasteiger charge is 2.05.